The minimum Gasteiger partial charge on any atom is -0.326 e. The van der Waals surface area contributed by atoms with E-state index in [0.717, 1.165) is 56.3 Å². The van der Waals surface area contributed by atoms with E-state index in [9.17, 15) is 13.6 Å². The van der Waals surface area contributed by atoms with E-state index in [2.05, 4.69) is 73.9 Å². The molecule has 0 radical (unpaired) electrons. The molecule has 0 aliphatic heterocycles. The Morgan fingerprint density at radius 1 is 1.09 bits per heavy atom. The summed E-state index contributed by atoms with van der Waals surface area (Å²) in [4.78, 5) is 29.7. The molecule has 0 aliphatic carbocycles. The maximum Gasteiger partial charge on any atom is 0.221 e. The van der Waals surface area contributed by atoms with E-state index >= 15 is 0 Å². The number of amides is 1. The molecule has 0 saturated carbocycles. The minimum absolute atomic E-state index is 0.00817. The monoisotopic (exact) mass is 646 g/mol. The van der Waals surface area contributed by atoms with Crippen LogP contribution in [0, 0.1) is 29.9 Å². The summed E-state index contributed by atoms with van der Waals surface area (Å²) in [7, 11) is 2.12. The molecule has 0 unspecified atom stereocenters. The highest BCUT2D eigenvalue weighted by Crippen LogP contribution is 2.40. The predicted octanol–water partition coefficient (Wildman–Crippen LogP) is 8.25. The first-order chi connectivity index (χ1) is 21.3. The van der Waals surface area contributed by atoms with Gasteiger partial charge in [-0.15, -0.1) is 4.47 Å². The molecule has 10 heteroatoms. The van der Waals surface area contributed by atoms with Crippen molar-refractivity contribution in [3.8, 4) is 0 Å². The van der Waals surface area contributed by atoms with Gasteiger partial charge < -0.3 is 19.8 Å². The highest BCUT2D eigenvalue weighted by molar-refractivity contribution is 7.47. The van der Waals surface area contributed by atoms with Gasteiger partial charge in [0.1, 0.15) is 24.7 Å². The fourth-order valence-electron chi connectivity index (χ4n) is 4.30. The van der Waals surface area contributed by atoms with Crippen molar-refractivity contribution in [1.82, 2.24) is 10.3 Å². The van der Waals surface area contributed by atoms with Gasteiger partial charge in [0.2, 0.25) is 5.91 Å². The van der Waals surface area contributed by atoms with Crippen LogP contribution >= 0.6 is 0 Å². The molecule has 0 spiro atoms. The zero-order chi connectivity index (χ0) is 35.0. The molecule has 2 rings (SSSR count). The molecule has 1 atom stereocenters. The van der Waals surface area contributed by atoms with Crippen molar-refractivity contribution in [3.05, 3.63) is 83.5 Å². The molecule has 0 bridgehead atoms. The third-order valence-electron chi connectivity index (χ3n) is 7.22. The summed E-state index contributed by atoms with van der Waals surface area (Å²) in [6.07, 6.45) is 6.55. The Morgan fingerprint density at radius 2 is 1.62 bits per heavy atom. The van der Waals surface area contributed by atoms with E-state index in [4.69, 9.17) is 9.59 Å². The fourth-order valence-corrected chi connectivity index (χ4v) is 4.40. The summed E-state index contributed by atoms with van der Waals surface area (Å²) in [5, 5.41) is 2.69. The van der Waals surface area contributed by atoms with Crippen LogP contribution in [0.1, 0.15) is 78.4 Å². The Bertz CT molecular complexity index is 1180. The van der Waals surface area contributed by atoms with Gasteiger partial charge in [0.15, 0.2) is 0 Å². The van der Waals surface area contributed by atoms with Gasteiger partial charge in [-0.05, 0) is 94.1 Å². The standard InChI is InChI=1S/C23H35F2N3S.C9H11NO.C2H4O.CH2O/c1-7-23(4,5)18(12-9-10-15-28(6)8-2)17(3)16-21(26-27-29)22-19(24)13-11-14-20(22)25;1-7-3-5-9(6-4-7)10-8(2)11;1-2-3;1-2/h11,13-14,16,18H,3,7-10,12,15H2,1-2,4-6H3,(H,26,29);3-6H,1-2H3,(H,10,11);2H,1H3;1H2/b21-16-;;;/t18-;;;/m0.../s1. The summed E-state index contributed by atoms with van der Waals surface area (Å²) in [6.45, 7) is 22.0. The van der Waals surface area contributed by atoms with Crippen molar-refractivity contribution in [2.45, 2.75) is 74.1 Å². The van der Waals surface area contributed by atoms with Crippen molar-refractivity contribution in [3.63, 3.8) is 0 Å². The first-order valence-electron chi connectivity index (χ1n) is 14.9. The lowest BCUT2D eigenvalue weighted by Gasteiger charge is -2.35. The van der Waals surface area contributed by atoms with E-state index in [1.54, 1.807) is 6.08 Å². The molecule has 2 aromatic rings. The van der Waals surface area contributed by atoms with Crippen LogP contribution in [-0.2, 0) is 26.8 Å². The fraction of sp³-hybridized carbons (Fsp3) is 0.457. The number of allylic oxidation sites excluding steroid dienone is 2. The third-order valence-corrected chi connectivity index (χ3v) is 7.32. The molecule has 0 aliphatic rings. The molecule has 0 fully saturated rings. The molecule has 0 aromatic heterocycles. The van der Waals surface area contributed by atoms with Crippen LogP contribution in [0.5, 0.6) is 0 Å². The summed E-state index contributed by atoms with van der Waals surface area (Å²) >= 11 is 4.64. The smallest absolute Gasteiger partial charge is 0.221 e. The zero-order valence-electron chi connectivity index (χ0n) is 28.2. The second-order valence-corrected chi connectivity index (χ2v) is 11.2. The molecular formula is C35H52F2N4O3S. The SMILES string of the molecule is C=C(/C=C(\NN=S)c1c(F)cccc1F)[C@H](CCCCN(C)CC)C(C)(C)CC.C=O.CC(=O)Nc1ccc(C)cc1.CC=O. The van der Waals surface area contributed by atoms with E-state index in [0.29, 0.717) is 0 Å². The number of halogens is 2. The van der Waals surface area contributed by atoms with Gasteiger partial charge >= 0.3 is 0 Å². The van der Waals surface area contributed by atoms with Crippen molar-refractivity contribution in [2.24, 2.45) is 15.8 Å². The normalized spacial score (nSPS) is 11.3. The van der Waals surface area contributed by atoms with E-state index in [1.807, 2.05) is 38.0 Å². The van der Waals surface area contributed by atoms with Gasteiger partial charge in [0.25, 0.3) is 0 Å². The number of benzene rings is 2. The average molecular weight is 647 g/mol. The van der Waals surface area contributed by atoms with E-state index < -0.39 is 11.6 Å². The number of rotatable bonds is 14. The number of unbranched alkanes of at least 4 members (excludes halogenated alkanes) is 1. The lowest BCUT2D eigenvalue weighted by atomic mass is 9.70. The predicted molar refractivity (Wildman–Crippen MR) is 185 cm³/mol. The highest BCUT2D eigenvalue weighted by Gasteiger charge is 2.29. The number of hydrogen-bond acceptors (Lipinski definition) is 6. The number of nitrogens with zero attached hydrogens (tertiary/aromatic N) is 2. The lowest BCUT2D eigenvalue weighted by molar-refractivity contribution is -0.114. The Balaban J connectivity index is 0. The minimum atomic E-state index is -0.663. The topological polar surface area (TPSA) is 90.9 Å². The Hall–Kier alpha value is -3.63. The number of hydrogen-bond donors (Lipinski definition) is 2. The van der Waals surface area contributed by atoms with Crippen LogP contribution in [0.4, 0.5) is 14.5 Å². The number of aryl methyl sites for hydroxylation is 1. The van der Waals surface area contributed by atoms with Gasteiger partial charge in [0.05, 0.1) is 23.7 Å². The van der Waals surface area contributed by atoms with Gasteiger partial charge in [-0.25, -0.2) is 8.78 Å². The molecule has 1 amide bonds. The number of carbonyl (C=O) groups is 3. The Labute approximate surface area is 274 Å². The van der Waals surface area contributed by atoms with Crippen molar-refractivity contribution >= 4 is 42.8 Å². The zero-order valence-corrected chi connectivity index (χ0v) is 29.0. The van der Waals surface area contributed by atoms with Crippen LogP contribution < -0.4 is 10.7 Å². The summed E-state index contributed by atoms with van der Waals surface area (Å²) < 4.78 is 32.1. The van der Waals surface area contributed by atoms with Gasteiger partial charge in [-0.2, -0.15) is 0 Å². The molecule has 250 valence electrons. The van der Waals surface area contributed by atoms with Gasteiger partial charge in [-0.3, -0.25) is 10.2 Å². The summed E-state index contributed by atoms with van der Waals surface area (Å²) in [5.74, 6) is -1.18. The lowest BCUT2D eigenvalue weighted by Crippen LogP contribution is -2.25. The Kier molecular flexibility index (Phi) is 23.8. The second-order valence-electron chi connectivity index (χ2n) is 11.0. The number of aldehydes is 1. The number of nitrogens with one attached hydrogen (secondary N) is 2. The van der Waals surface area contributed by atoms with Crippen molar-refractivity contribution < 1.29 is 23.2 Å². The molecule has 0 saturated heterocycles. The molecule has 2 N–H and O–H groups in total. The number of anilines is 1. The summed E-state index contributed by atoms with van der Waals surface area (Å²) in [6, 6.07) is 11.5. The largest absolute Gasteiger partial charge is 0.326 e. The molecule has 2 aromatic carbocycles. The molecule has 45 heavy (non-hydrogen) atoms. The van der Waals surface area contributed by atoms with E-state index in [1.165, 1.54) is 37.6 Å². The van der Waals surface area contributed by atoms with Crippen molar-refractivity contribution in [1.29, 1.82) is 0 Å². The van der Waals surface area contributed by atoms with Crippen LogP contribution in [0.2, 0.25) is 0 Å². The van der Waals surface area contributed by atoms with Crippen molar-refractivity contribution in [2.75, 3.05) is 25.5 Å². The molecular weight excluding hydrogens is 594 g/mol. The van der Waals surface area contributed by atoms with Crippen LogP contribution in [0.15, 0.2) is 65.2 Å². The van der Waals surface area contributed by atoms with Crippen LogP contribution in [-0.4, -0.2) is 44.0 Å². The maximum atomic E-state index is 14.3. The third kappa shape index (κ3) is 18.1. The molecule has 0 heterocycles. The van der Waals surface area contributed by atoms with Crippen LogP contribution in [0.25, 0.3) is 5.70 Å². The first-order valence-corrected chi connectivity index (χ1v) is 15.3. The van der Waals surface area contributed by atoms with E-state index in [-0.39, 0.29) is 28.5 Å². The first kappa shape index (κ1) is 43.5. The quantitative estimate of drug-likeness (QED) is 0.0930. The Morgan fingerprint density at radius 3 is 2.07 bits per heavy atom. The van der Waals surface area contributed by atoms with Gasteiger partial charge in [0, 0.05) is 12.6 Å². The van der Waals surface area contributed by atoms with Gasteiger partial charge in [-0.1, -0.05) is 70.9 Å². The van der Waals surface area contributed by atoms with Crippen LogP contribution in [0.3, 0.4) is 0 Å². The number of carbonyl (C=O) groups excluding carboxylic acids is 3. The maximum absolute atomic E-state index is 14.3. The average Bonchev–Trinajstić information content (AvgIpc) is 2.99. The molecule has 7 nitrogen and oxygen atoms in total. The summed E-state index contributed by atoms with van der Waals surface area (Å²) in [5.41, 5.74) is 5.49. The second kappa shape index (κ2) is 24.7. The highest BCUT2D eigenvalue weighted by atomic mass is 32.1.